The molecule has 1 atom stereocenters. The molecule has 6 nitrogen and oxygen atoms in total. The first-order valence-electron chi connectivity index (χ1n) is 9.87. The molecule has 0 aliphatic carbocycles. The highest BCUT2D eigenvalue weighted by Gasteiger charge is 2.28. The average Bonchev–Trinajstić information content (AvgIpc) is 3.24. The molecule has 0 spiro atoms. The smallest absolute Gasteiger partial charge is 0.174 e. The second-order valence-electron chi connectivity index (χ2n) is 7.34. The lowest BCUT2D eigenvalue weighted by atomic mass is 9.97. The average molecular weight is 399 g/mol. The fourth-order valence-corrected chi connectivity index (χ4v) is 3.77. The third-order valence-corrected chi connectivity index (χ3v) is 5.19. The molecule has 0 unspecified atom stereocenters. The lowest BCUT2D eigenvalue weighted by Gasteiger charge is -2.27. The van der Waals surface area contributed by atoms with E-state index in [-0.39, 0.29) is 12.1 Å². The molecule has 0 aliphatic rings. The zero-order valence-corrected chi connectivity index (χ0v) is 17.4. The van der Waals surface area contributed by atoms with Crippen LogP contribution in [0.25, 0.3) is 0 Å². The Kier molecular flexibility index (Phi) is 5.86. The van der Waals surface area contributed by atoms with Gasteiger partial charge in [-0.2, -0.15) is 0 Å². The van der Waals surface area contributed by atoms with Crippen LogP contribution in [0.1, 0.15) is 34.6 Å². The SMILES string of the molecule is COc1ccc([C@@H](c2nnnn2C(c2ccccc2)c2ccccc2)N(C)C)cc1. The van der Waals surface area contributed by atoms with Crippen LogP contribution in [-0.2, 0) is 0 Å². The van der Waals surface area contributed by atoms with Gasteiger partial charge in [-0.25, -0.2) is 4.68 Å². The van der Waals surface area contributed by atoms with E-state index < -0.39 is 0 Å². The van der Waals surface area contributed by atoms with Crippen LogP contribution in [0.4, 0.5) is 0 Å². The number of methoxy groups -OCH3 is 1. The number of ether oxygens (including phenoxy) is 1. The van der Waals surface area contributed by atoms with Crippen LogP contribution in [0.3, 0.4) is 0 Å². The maximum atomic E-state index is 5.32. The summed E-state index contributed by atoms with van der Waals surface area (Å²) in [5, 5.41) is 13.0. The first-order valence-corrected chi connectivity index (χ1v) is 9.87. The van der Waals surface area contributed by atoms with Crippen molar-refractivity contribution in [2.75, 3.05) is 21.2 Å². The van der Waals surface area contributed by atoms with Crippen molar-refractivity contribution in [1.29, 1.82) is 0 Å². The van der Waals surface area contributed by atoms with E-state index in [1.165, 1.54) is 0 Å². The second kappa shape index (κ2) is 8.88. The first kappa shape index (κ1) is 19.8. The number of benzene rings is 3. The van der Waals surface area contributed by atoms with Crippen molar-refractivity contribution in [2.45, 2.75) is 12.1 Å². The van der Waals surface area contributed by atoms with Crippen molar-refractivity contribution in [3.05, 3.63) is 107 Å². The van der Waals surface area contributed by atoms with Crippen molar-refractivity contribution in [3.63, 3.8) is 0 Å². The molecule has 0 N–H and O–H groups in total. The summed E-state index contributed by atoms with van der Waals surface area (Å²) in [6.07, 6.45) is 0. The monoisotopic (exact) mass is 399 g/mol. The molecule has 0 radical (unpaired) electrons. The van der Waals surface area contributed by atoms with E-state index in [1.54, 1.807) is 7.11 Å². The van der Waals surface area contributed by atoms with Crippen LogP contribution in [0, 0.1) is 0 Å². The highest BCUT2D eigenvalue weighted by Crippen LogP contribution is 2.32. The van der Waals surface area contributed by atoms with Crippen LogP contribution < -0.4 is 4.74 Å². The largest absolute Gasteiger partial charge is 0.497 e. The zero-order valence-electron chi connectivity index (χ0n) is 17.4. The molecule has 0 saturated carbocycles. The first-order chi connectivity index (χ1) is 14.7. The quantitative estimate of drug-likeness (QED) is 0.471. The summed E-state index contributed by atoms with van der Waals surface area (Å²) in [6.45, 7) is 0. The van der Waals surface area contributed by atoms with E-state index in [0.29, 0.717) is 0 Å². The van der Waals surface area contributed by atoms with Crippen molar-refractivity contribution >= 4 is 0 Å². The molecule has 1 heterocycles. The van der Waals surface area contributed by atoms with E-state index in [4.69, 9.17) is 4.74 Å². The summed E-state index contributed by atoms with van der Waals surface area (Å²) >= 11 is 0. The number of rotatable bonds is 7. The molecule has 30 heavy (non-hydrogen) atoms. The normalized spacial score (nSPS) is 12.3. The third kappa shape index (κ3) is 3.95. The van der Waals surface area contributed by atoms with Gasteiger partial charge in [0.1, 0.15) is 11.8 Å². The van der Waals surface area contributed by atoms with Gasteiger partial charge in [0.25, 0.3) is 0 Å². The van der Waals surface area contributed by atoms with Gasteiger partial charge in [-0.3, -0.25) is 4.90 Å². The maximum absolute atomic E-state index is 5.32. The Bertz CT molecular complexity index is 1020. The number of tetrazole rings is 1. The van der Waals surface area contributed by atoms with Gasteiger partial charge in [-0.1, -0.05) is 72.8 Å². The molecule has 3 aromatic carbocycles. The molecule has 0 amide bonds. The fraction of sp³-hybridized carbons (Fsp3) is 0.208. The van der Waals surface area contributed by atoms with Gasteiger partial charge in [0.05, 0.1) is 13.2 Å². The third-order valence-electron chi connectivity index (χ3n) is 5.19. The Hall–Kier alpha value is -3.51. The maximum Gasteiger partial charge on any atom is 0.174 e. The molecule has 4 aromatic rings. The van der Waals surface area contributed by atoms with Crippen molar-refractivity contribution in [2.24, 2.45) is 0 Å². The number of nitrogens with zero attached hydrogens (tertiary/aromatic N) is 5. The second-order valence-corrected chi connectivity index (χ2v) is 7.34. The highest BCUT2D eigenvalue weighted by atomic mass is 16.5. The van der Waals surface area contributed by atoms with Gasteiger partial charge in [0, 0.05) is 0 Å². The van der Waals surface area contributed by atoms with E-state index in [0.717, 1.165) is 28.3 Å². The molecule has 0 fully saturated rings. The molecule has 152 valence electrons. The molecule has 0 saturated heterocycles. The Morgan fingerprint density at radius 2 is 1.33 bits per heavy atom. The minimum absolute atomic E-state index is 0.110. The minimum Gasteiger partial charge on any atom is -0.497 e. The predicted octanol–water partition coefficient (Wildman–Crippen LogP) is 3.97. The van der Waals surface area contributed by atoms with Crippen molar-refractivity contribution in [1.82, 2.24) is 25.1 Å². The van der Waals surface area contributed by atoms with E-state index in [9.17, 15) is 0 Å². The summed E-state index contributed by atoms with van der Waals surface area (Å²) < 4.78 is 7.25. The molecule has 6 heteroatoms. The summed E-state index contributed by atoms with van der Waals surface area (Å²) in [6, 6.07) is 28.5. The summed E-state index contributed by atoms with van der Waals surface area (Å²) in [4.78, 5) is 2.12. The van der Waals surface area contributed by atoms with Crippen LogP contribution in [0.15, 0.2) is 84.9 Å². The van der Waals surface area contributed by atoms with Gasteiger partial charge in [0.15, 0.2) is 5.82 Å². The van der Waals surface area contributed by atoms with Crippen molar-refractivity contribution < 1.29 is 4.74 Å². The van der Waals surface area contributed by atoms with Gasteiger partial charge in [-0.15, -0.1) is 5.10 Å². The van der Waals surface area contributed by atoms with Crippen LogP contribution >= 0.6 is 0 Å². The number of hydrogen-bond acceptors (Lipinski definition) is 5. The Balaban J connectivity index is 1.84. The van der Waals surface area contributed by atoms with Gasteiger partial charge in [-0.05, 0) is 53.3 Å². The fourth-order valence-electron chi connectivity index (χ4n) is 3.77. The van der Waals surface area contributed by atoms with Crippen LogP contribution in [0.2, 0.25) is 0 Å². The lowest BCUT2D eigenvalue weighted by Crippen LogP contribution is -2.27. The standard InChI is InChI=1S/C24H25N5O/c1-28(2)23(20-14-16-21(30-3)17-15-20)24-25-26-27-29(24)22(18-10-6-4-7-11-18)19-12-8-5-9-13-19/h4-17,22-23H,1-3H3/t23-/m0/s1. The summed E-state index contributed by atoms with van der Waals surface area (Å²) in [5.41, 5.74) is 3.35. The van der Waals surface area contributed by atoms with Crippen LogP contribution in [-0.4, -0.2) is 46.3 Å². The Morgan fingerprint density at radius 3 is 1.83 bits per heavy atom. The number of aromatic nitrogens is 4. The predicted molar refractivity (Wildman–Crippen MR) is 116 cm³/mol. The topological polar surface area (TPSA) is 56.1 Å². The zero-order chi connectivity index (χ0) is 20.9. The molecular weight excluding hydrogens is 374 g/mol. The van der Waals surface area contributed by atoms with E-state index in [2.05, 4.69) is 56.8 Å². The summed E-state index contributed by atoms with van der Waals surface area (Å²) in [5.74, 6) is 1.60. The summed E-state index contributed by atoms with van der Waals surface area (Å²) in [7, 11) is 5.74. The van der Waals surface area contributed by atoms with Gasteiger partial charge >= 0.3 is 0 Å². The number of hydrogen-bond donors (Lipinski definition) is 0. The van der Waals surface area contributed by atoms with Crippen LogP contribution in [0.5, 0.6) is 5.75 Å². The molecular formula is C24H25N5O. The Labute approximate surface area is 176 Å². The molecule has 0 aliphatic heterocycles. The van der Waals surface area contributed by atoms with E-state index in [1.807, 2.05) is 67.3 Å². The highest BCUT2D eigenvalue weighted by molar-refractivity contribution is 5.35. The van der Waals surface area contributed by atoms with Gasteiger partial charge in [0.2, 0.25) is 0 Å². The van der Waals surface area contributed by atoms with Gasteiger partial charge < -0.3 is 4.74 Å². The minimum atomic E-state index is -0.127. The lowest BCUT2D eigenvalue weighted by molar-refractivity contribution is 0.315. The van der Waals surface area contributed by atoms with E-state index >= 15 is 0 Å². The van der Waals surface area contributed by atoms with Crippen molar-refractivity contribution in [3.8, 4) is 5.75 Å². The molecule has 1 aromatic heterocycles. The Morgan fingerprint density at radius 1 is 0.767 bits per heavy atom. The molecule has 0 bridgehead atoms. The molecule has 4 rings (SSSR count).